The number of halogens is 2. The second-order valence-electron chi connectivity index (χ2n) is 13.5. The van der Waals surface area contributed by atoms with E-state index in [0.717, 1.165) is 76.7 Å². The van der Waals surface area contributed by atoms with E-state index in [-0.39, 0.29) is 48.0 Å². The third-order valence-corrected chi connectivity index (χ3v) is 9.14. The fraction of sp³-hybridized carbons (Fsp3) is 0.385. The summed E-state index contributed by atoms with van der Waals surface area (Å²) in [6, 6.07) is 40.3. The molecule has 4 aromatic carbocycles. The van der Waals surface area contributed by atoms with Crippen LogP contribution in [0.3, 0.4) is 0 Å². The molecule has 0 saturated heterocycles. The molecule has 0 bridgehead atoms. The molecule has 244 valence electrons. The monoisotopic (exact) mass is 834 g/mol. The van der Waals surface area contributed by atoms with Crippen molar-refractivity contribution < 1.29 is 67.1 Å². The third kappa shape index (κ3) is 11.1. The third-order valence-electron chi connectivity index (χ3n) is 9.14. The Morgan fingerprint density at radius 3 is 0.867 bits per heavy atom. The van der Waals surface area contributed by atoms with Crippen LogP contribution in [-0.2, 0) is 11.2 Å². The minimum absolute atomic E-state index is 0. The standard InChI is InChI=1S/C39H52N2O2.2HI/c1-40(2,30-17-28-38(42,34-20-9-5-10-21-34)35-22-11-6-12-23-35)32-19-33-41(3,4)31-18-29-39(43,36-24-13-7-14-25-36)37-26-15-8-16-27-37;;/h5-16,20-27,42-43H,17-19,28-33H2,1-4H3;2*1H/q+2;;/p-2. The van der Waals surface area contributed by atoms with E-state index in [0.29, 0.717) is 12.8 Å². The molecule has 0 heterocycles. The number of hydrogen-bond donors (Lipinski definition) is 2. The van der Waals surface area contributed by atoms with Gasteiger partial charge in [0.15, 0.2) is 0 Å². The molecule has 2 N–H and O–H groups in total. The molecule has 6 heteroatoms. The molecule has 0 spiro atoms. The molecule has 0 aromatic heterocycles. The van der Waals surface area contributed by atoms with E-state index in [9.17, 15) is 10.2 Å². The average molecular weight is 835 g/mol. The zero-order valence-electron chi connectivity index (χ0n) is 27.5. The Morgan fingerprint density at radius 2 is 0.622 bits per heavy atom. The van der Waals surface area contributed by atoms with Crippen LogP contribution in [-0.4, -0.2) is 73.5 Å². The molecule has 0 aliphatic carbocycles. The maximum absolute atomic E-state index is 11.9. The summed E-state index contributed by atoms with van der Waals surface area (Å²) in [6.07, 6.45) is 4.38. The van der Waals surface area contributed by atoms with Gasteiger partial charge in [-0.25, -0.2) is 0 Å². The SMILES string of the molecule is C[N+](C)(CCCC(O)(c1ccccc1)c1ccccc1)CCC[N+](C)(C)CCCC(O)(c1ccccc1)c1ccccc1.[I-].[I-]. The molecular formula is C39H52I2N2O2. The lowest BCUT2D eigenvalue weighted by atomic mass is 9.82. The first kappa shape index (κ1) is 39.4. The lowest BCUT2D eigenvalue weighted by Gasteiger charge is -2.36. The second-order valence-corrected chi connectivity index (χ2v) is 13.5. The van der Waals surface area contributed by atoms with Gasteiger partial charge in [0.05, 0.1) is 54.4 Å². The molecule has 4 rings (SSSR count). The predicted molar refractivity (Wildman–Crippen MR) is 179 cm³/mol. The summed E-state index contributed by atoms with van der Waals surface area (Å²) < 4.78 is 1.86. The van der Waals surface area contributed by atoms with Gasteiger partial charge in [0.2, 0.25) is 0 Å². The number of hydrogen-bond acceptors (Lipinski definition) is 2. The Bertz CT molecular complexity index is 1180. The van der Waals surface area contributed by atoms with E-state index < -0.39 is 11.2 Å². The number of rotatable bonds is 16. The van der Waals surface area contributed by atoms with E-state index >= 15 is 0 Å². The van der Waals surface area contributed by atoms with Crippen LogP contribution in [0.1, 0.15) is 54.4 Å². The van der Waals surface area contributed by atoms with Crippen molar-refractivity contribution in [3.63, 3.8) is 0 Å². The topological polar surface area (TPSA) is 40.5 Å². The van der Waals surface area contributed by atoms with E-state index in [1.54, 1.807) is 0 Å². The highest BCUT2D eigenvalue weighted by atomic mass is 127. The Hall–Kier alpha value is -1.82. The summed E-state index contributed by atoms with van der Waals surface area (Å²) >= 11 is 0. The van der Waals surface area contributed by atoms with Gasteiger partial charge in [-0.3, -0.25) is 0 Å². The molecule has 0 aliphatic rings. The lowest BCUT2D eigenvalue weighted by Crippen LogP contribution is -3.00. The molecule has 0 amide bonds. The van der Waals surface area contributed by atoms with Crippen LogP contribution in [0, 0.1) is 0 Å². The normalized spacial score (nSPS) is 12.2. The predicted octanol–water partition coefficient (Wildman–Crippen LogP) is 0.970. The molecule has 0 aliphatic heterocycles. The Labute approximate surface area is 306 Å². The Kier molecular flexibility index (Phi) is 15.7. The molecule has 0 fully saturated rings. The molecule has 4 nitrogen and oxygen atoms in total. The van der Waals surface area contributed by atoms with E-state index in [2.05, 4.69) is 28.2 Å². The molecule has 0 saturated carbocycles. The van der Waals surface area contributed by atoms with Crippen LogP contribution in [0.15, 0.2) is 121 Å². The summed E-state index contributed by atoms with van der Waals surface area (Å²) in [7, 11) is 9.24. The zero-order chi connectivity index (χ0) is 30.8. The van der Waals surface area contributed by atoms with Gasteiger partial charge in [0, 0.05) is 6.42 Å². The van der Waals surface area contributed by atoms with Crippen molar-refractivity contribution in [1.29, 1.82) is 0 Å². The molecule has 0 radical (unpaired) electrons. The zero-order valence-corrected chi connectivity index (χ0v) is 31.8. The number of benzene rings is 4. The van der Waals surface area contributed by atoms with Gasteiger partial charge in [-0.2, -0.15) is 0 Å². The van der Waals surface area contributed by atoms with E-state index in [4.69, 9.17) is 0 Å². The van der Waals surface area contributed by atoms with Crippen LogP contribution in [0.4, 0.5) is 0 Å². The number of quaternary nitrogens is 2. The second kappa shape index (κ2) is 17.9. The van der Waals surface area contributed by atoms with Crippen molar-refractivity contribution in [2.75, 3.05) is 54.4 Å². The van der Waals surface area contributed by atoms with Crippen molar-refractivity contribution in [3.8, 4) is 0 Å². The van der Waals surface area contributed by atoms with Gasteiger partial charge in [-0.15, -0.1) is 0 Å². The van der Waals surface area contributed by atoms with Gasteiger partial charge in [-0.1, -0.05) is 121 Å². The maximum atomic E-state index is 11.9. The number of nitrogens with zero attached hydrogens (tertiary/aromatic N) is 2. The largest absolute Gasteiger partial charge is 1.00 e. The van der Waals surface area contributed by atoms with Crippen LogP contribution in [0.25, 0.3) is 0 Å². The van der Waals surface area contributed by atoms with Gasteiger partial charge in [-0.05, 0) is 47.9 Å². The minimum atomic E-state index is -0.983. The van der Waals surface area contributed by atoms with Crippen molar-refractivity contribution in [3.05, 3.63) is 144 Å². The molecule has 0 atom stereocenters. The average Bonchev–Trinajstić information content (AvgIpc) is 3.02. The molecule has 4 aromatic rings. The minimum Gasteiger partial charge on any atom is -1.00 e. The Morgan fingerprint density at radius 1 is 0.400 bits per heavy atom. The summed E-state index contributed by atoms with van der Waals surface area (Å²) in [6.45, 7) is 4.21. The fourth-order valence-electron chi connectivity index (χ4n) is 6.44. The summed E-state index contributed by atoms with van der Waals surface area (Å²) in [5.41, 5.74) is 1.86. The van der Waals surface area contributed by atoms with Gasteiger partial charge in [0.1, 0.15) is 11.2 Å². The van der Waals surface area contributed by atoms with Crippen LogP contribution in [0.2, 0.25) is 0 Å². The van der Waals surface area contributed by atoms with Crippen LogP contribution >= 0.6 is 0 Å². The summed E-state index contributed by atoms with van der Waals surface area (Å²) in [5.74, 6) is 0. The fourth-order valence-corrected chi connectivity index (χ4v) is 6.44. The van der Waals surface area contributed by atoms with Gasteiger partial charge < -0.3 is 67.1 Å². The van der Waals surface area contributed by atoms with Crippen molar-refractivity contribution in [2.24, 2.45) is 0 Å². The quantitative estimate of drug-likeness (QED) is 0.131. The smallest absolute Gasteiger partial charge is 0.115 e. The van der Waals surface area contributed by atoms with Gasteiger partial charge >= 0.3 is 0 Å². The maximum Gasteiger partial charge on any atom is 0.115 e. The highest BCUT2D eigenvalue weighted by Gasteiger charge is 2.33. The highest BCUT2D eigenvalue weighted by molar-refractivity contribution is 5.36. The van der Waals surface area contributed by atoms with Gasteiger partial charge in [0.25, 0.3) is 0 Å². The summed E-state index contributed by atoms with van der Waals surface area (Å²) in [5, 5.41) is 23.8. The lowest BCUT2D eigenvalue weighted by molar-refractivity contribution is -0.909. The van der Waals surface area contributed by atoms with Crippen molar-refractivity contribution in [1.82, 2.24) is 0 Å². The Balaban J connectivity index is 0.00000353. The molecule has 45 heavy (non-hydrogen) atoms. The molecule has 0 unspecified atom stereocenters. The highest BCUT2D eigenvalue weighted by Crippen LogP contribution is 2.35. The first-order chi connectivity index (χ1) is 20.5. The van der Waals surface area contributed by atoms with E-state index in [1.165, 1.54) is 0 Å². The molecular weight excluding hydrogens is 782 g/mol. The van der Waals surface area contributed by atoms with Crippen molar-refractivity contribution >= 4 is 0 Å². The van der Waals surface area contributed by atoms with Crippen LogP contribution in [0.5, 0.6) is 0 Å². The van der Waals surface area contributed by atoms with Crippen molar-refractivity contribution in [2.45, 2.75) is 43.3 Å². The summed E-state index contributed by atoms with van der Waals surface area (Å²) in [4.78, 5) is 0. The van der Waals surface area contributed by atoms with E-state index in [1.807, 2.05) is 121 Å². The van der Waals surface area contributed by atoms with Crippen LogP contribution < -0.4 is 48.0 Å². The number of aliphatic hydroxyl groups is 2. The first-order valence-electron chi connectivity index (χ1n) is 15.9. The first-order valence-corrected chi connectivity index (χ1v) is 15.9.